The second kappa shape index (κ2) is 6.96. The van der Waals surface area contributed by atoms with Gasteiger partial charge in [0.25, 0.3) is 0 Å². The van der Waals surface area contributed by atoms with Gasteiger partial charge in [-0.2, -0.15) is 0 Å². The number of nitrogens with zero attached hydrogens (tertiary/aromatic N) is 2. The molecule has 0 unspecified atom stereocenters. The molecule has 4 rings (SSSR count). The highest BCUT2D eigenvalue weighted by molar-refractivity contribution is 5.79. The molecule has 6 heteroatoms. The summed E-state index contributed by atoms with van der Waals surface area (Å²) in [5, 5.41) is 16.6. The Morgan fingerprint density at radius 3 is 2.54 bits per heavy atom. The maximum Gasteiger partial charge on any atom is 0.203 e. The second-order valence-electron chi connectivity index (χ2n) is 7.06. The summed E-state index contributed by atoms with van der Waals surface area (Å²) >= 11 is 0. The molecule has 0 saturated carbocycles. The van der Waals surface area contributed by atoms with Crippen LogP contribution in [0.2, 0.25) is 0 Å². The lowest BCUT2D eigenvalue weighted by molar-refractivity contribution is 0.176. The quantitative estimate of drug-likeness (QED) is 0.574. The van der Waals surface area contributed by atoms with Crippen LogP contribution in [0.5, 0.6) is 5.75 Å². The van der Waals surface area contributed by atoms with Crippen LogP contribution in [0.4, 0.5) is 0 Å². The molecular formula is C20H25N5O. The largest absolute Gasteiger partial charge is 0.484 e. The maximum atomic E-state index is 8.42. The normalized spacial score (nSPS) is 22.1. The lowest BCUT2D eigenvalue weighted by atomic mass is 9.86. The fraction of sp³-hybridized carbons (Fsp3) is 0.400. The third-order valence-electron chi connectivity index (χ3n) is 5.32. The molecule has 2 heterocycles. The van der Waals surface area contributed by atoms with Crippen molar-refractivity contribution in [1.29, 1.82) is 10.8 Å². The van der Waals surface area contributed by atoms with E-state index in [1.165, 1.54) is 0 Å². The van der Waals surface area contributed by atoms with Crippen molar-refractivity contribution < 1.29 is 4.74 Å². The van der Waals surface area contributed by atoms with Gasteiger partial charge in [0.05, 0.1) is 6.20 Å². The van der Waals surface area contributed by atoms with Gasteiger partial charge in [0, 0.05) is 19.1 Å². The number of likely N-dealkylation sites (tertiary alicyclic amines) is 1. The number of hydrogen-bond acceptors (Lipinski definition) is 4. The van der Waals surface area contributed by atoms with Crippen molar-refractivity contribution in [3.05, 3.63) is 59.2 Å². The molecule has 1 aliphatic carbocycles. The van der Waals surface area contributed by atoms with Gasteiger partial charge in [0.15, 0.2) is 0 Å². The van der Waals surface area contributed by atoms with E-state index in [2.05, 4.69) is 12.1 Å². The Balaban J connectivity index is 1.60. The molecule has 1 fully saturated rings. The molecule has 0 bridgehead atoms. The van der Waals surface area contributed by atoms with Gasteiger partial charge >= 0.3 is 0 Å². The van der Waals surface area contributed by atoms with E-state index in [4.69, 9.17) is 21.3 Å². The van der Waals surface area contributed by atoms with Crippen molar-refractivity contribution in [2.45, 2.75) is 37.8 Å². The Labute approximate surface area is 153 Å². The van der Waals surface area contributed by atoms with Crippen molar-refractivity contribution >= 4 is 5.96 Å². The fourth-order valence-corrected chi connectivity index (χ4v) is 3.88. The number of nitrogens with one attached hydrogen (secondary N) is 2. The SMILES string of the molecule is N=C(N1CCCC1)n1cc(O[C@@H]2CC[C@H](N)c3ccccc32)ccc1=N. The summed E-state index contributed by atoms with van der Waals surface area (Å²) in [6.45, 7) is 1.76. The topological polar surface area (TPSA) is 91.1 Å². The van der Waals surface area contributed by atoms with Crippen LogP contribution in [0.3, 0.4) is 0 Å². The van der Waals surface area contributed by atoms with Gasteiger partial charge in [0.2, 0.25) is 5.96 Å². The number of hydrogen-bond donors (Lipinski definition) is 3. The van der Waals surface area contributed by atoms with E-state index in [-0.39, 0.29) is 12.1 Å². The van der Waals surface area contributed by atoms with Gasteiger partial charge in [-0.05, 0) is 48.9 Å². The van der Waals surface area contributed by atoms with Crippen molar-refractivity contribution in [3.63, 3.8) is 0 Å². The first-order valence-corrected chi connectivity index (χ1v) is 9.26. The van der Waals surface area contributed by atoms with Crippen LogP contribution in [-0.2, 0) is 0 Å². The first kappa shape index (κ1) is 16.8. The Morgan fingerprint density at radius 1 is 1.04 bits per heavy atom. The van der Waals surface area contributed by atoms with E-state index in [9.17, 15) is 0 Å². The molecule has 0 radical (unpaired) electrons. The molecular weight excluding hydrogens is 326 g/mol. The highest BCUT2D eigenvalue weighted by Crippen LogP contribution is 2.37. The number of aromatic nitrogens is 1. The third-order valence-corrected chi connectivity index (χ3v) is 5.32. The Hall–Kier alpha value is -2.60. The van der Waals surface area contributed by atoms with Crippen molar-refractivity contribution in [2.75, 3.05) is 13.1 Å². The summed E-state index contributed by atoms with van der Waals surface area (Å²) in [7, 11) is 0. The van der Waals surface area contributed by atoms with Gasteiger partial charge in [-0.15, -0.1) is 0 Å². The number of rotatable bonds is 2. The standard InChI is InChI=1S/C20H25N5O/c21-17-8-9-18(16-6-2-1-5-15(16)17)26-14-7-10-19(22)25(13-14)20(23)24-11-3-4-12-24/h1-2,5-7,10,13,17-18,22-23H,3-4,8-9,11-12,21H2/t17-,18+/m0/s1. The second-order valence-corrected chi connectivity index (χ2v) is 7.06. The summed E-state index contributed by atoms with van der Waals surface area (Å²) in [6, 6.07) is 11.8. The van der Waals surface area contributed by atoms with Crippen LogP contribution in [-0.4, -0.2) is 28.5 Å². The number of fused-ring (bicyclic) bond motifs is 1. The Morgan fingerprint density at radius 2 is 1.77 bits per heavy atom. The minimum atomic E-state index is -0.0444. The average Bonchev–Trinajstić information content (AvgIpc) is 3.20. The number of benzene rings is 1. The van der Waals surface area contributed by atoms with E-state index >= 15 is 0 Å². The summed E-state index contributed by atoms with van der Waals surface area (Å²) in [5.74, 6) is 1.03. The average molecular weight is 351 g/mol. The van der Waals surface area contributed by atoms with Gasteiger partial charge in [0.1, 0.15) is 17.3 Å². The molecule has 136 valence electrons. The molecule has 2 aromatic rings. The number of pyridine rings is 1. The maximum absolute atomic E-state index is 8.42. The lowest BCUT2D eigenvalue weighted by Crippen LogP contribution is -2.38. The zero-order valence-corrected chi connectivity index (χ0v) is 14.8. The van der Waals surface area contributed by atoms with Crippen LogP contribution < -0.4 is 16.0 Å². The Kier molecular flexibility index (Phi) is 4.51. The highest BCUT2D eigenvalue weighted by atomic mass is 16.5. The molecule has 2 atom stereocenters. The minimum absolute atomic E-state index is 0.0444. The molecule has 2 aliphatic rings. The summed E-state index contributed by atoms with van der Waals surface area (Å²) < 4.78 is 7.86. The van der Waals surface area contributed by atoms with Crippen LogP contribution in [0, 0.1) is 10.8 Å². The van der Waals surface area contributed by atoms with E-state index in [1.807, 2.05) is 23.1 Å². The first-order chi connectivity index (χ1) is 12.6. The van der Waals surface area contributed by atoms with Crippen LogP contribution in [0.15, 0.2) is 42.6 Å². The summed E-state index contributed by atoms with van der Waals surface area (Å²) in [4.78, 5) is 2.01. The van der Waals surface area contributed by atoms with Gasteiger partial charge < -0.3 is 15.4 Å². The predicted octanol–water partition coefficient (Wildman–Crippen LogP) is 2.76. The van der Waals surface area contributed by atoms with Crippen molar-refractivity contribution in [2.24, 2.45) is 5.73 Å². The molecule has 4 N–H and O–H groups in total. The van der Waals surface area contributed by atoms with Crippen LogP contribution in [0.1, 0.15) is 49.0 Å². The smallest absolute Gasteiger partial charge is 0.203 e. The van der Waals surface area contributed by atoms with Gasteiger partial charge in [-0.25, -0.2) is 0 Å². The molecule has 6 nitrogen and oxygen atoms in total. The minimum Gasteiger partial charge on any atom is -0.484 e. The molecule has 1 aromatic heterocycles. The molecule has 1 saturated heterocycles. The number of nitrogens with two attached hydrogens (primary N) is 1. The predicted molar refractivity (Wildman–Crippen MR) is 100 cm³/mol. The first-order valence-electron chi connectivity index (χ1n) is 9.26. The van der Waals surface area contributed by atoms with E-state index in [0.29, 0.717) is 17.2 Å². The molecule has 26 heavy (non-hydrogen) atoms. The Bertz CT molecular complexity index is 869. The van der Waals surface area contributed by atoms with Crippen LogP contribution in [0.25, 0.3) is 0 Å². The zero-order valence-electron chi connectivity index (χ0n) is 14.8. The molecule has 1 aliphatic heterocycles. The highest BCUT2D eigenvalue weighted by Gasteiger charge is 2.26. The van der Waals surface area contributed by atoms with E-state index in [1.54, 1.807) is 16.8 Å². The monoisotopic (exact) mass is 351 g/mol. The number of ether oxygens (including phenoxy) is 1. The summed E-state index contributed by atoms with van der Waals surface area (Å²) in [6.07, 6.45) is 5.68. The third kappa shape index (κ3) is 3.12. The lowest BCUT2D eigenvalue weighted by Gasteiger charge is -2.30. The summed E-state index contributed by atoms with van der Waals surface area (Å²) in [5.41, 5.74) is 8.82. The van der Waals surface area contributed by atoms with Gasteiger partial charge in [-0.3, -0.25) is 15.4 Å². The van der Waals surface area contributed by atoms with Crippen molar-refractivity contribution in [3.8, 4) is 5.75 Å². The van der Waals surface area contributed by atoms with Gasteiger partial charge in [-0.1, -0.05) is 24.3 Å². The fourth-order valence-electron chi connectivity index (χ4n) is 3.88. The van der Waals surface area contributed by atoms with E-state index in [0.717, 1.165) is 49.9 Å². The van der Waals surface area contributed by atoms with Crippen LogP contribution >= 0.6 is 0 Å². The molecule has 1 aromatic carbocycles. The molecule has 0 spiro atoms. The zero-order chi connectivity index (χ0) is 18.1. The van der Waals surface area contributed by atoms with Crippen molar-refractivity contribution in [1.82, 2.24) is 9.47 Å². The molecule has 0 amide bonds. The van der Waals surface area contributed by atoms with E-state index < -0.39 is 0 Å².